The normalized spacial score (nSPS) is 10.2. The molecule has 3 nitrogen and oxygen atoms in total. The highest BCUT2D eigenvalue weighted by molar-refractivity contribution is 4.98. The molecule has 2 aromatic rings. The molecule has 0 spiro atoms. The van der Waals surface area contributed by atoms with E-state index in [-0.39, 0.29) is 0 Å². The van der Waals surface area contributed by atoms with Gasteiger partial charge in [0.2, 0.25) is 0 Å². The van der Waals surface area contributed by atoms with Crippen LogP contribution in [0.3, 0.4) is 0 Å². The van der Waals surface area contributed by atoms with Crippen LogP contribution < -0.4 is 0 Å². The van der Waals surface area contributed by atoms with E-state index in [1.165, 1.54) is 0 Å². The van der Waals surface area contributed by atoms with Crippen LogP contribution in [0.4, 0.5) is 0 Å². The Morgan fingerprint density at radius 3 is 2.82 bits per heavy atom. The highest BCUT2D eigenvalue weighted by atomic mass is 16.5. The summed E-state index contributed by atoms with van der Waals surface area (Å²) in [5.41, 5.74) is 0. The summed E-state index contributed by atoms with van der Waals surface area (Å²) in [5.74, 6) is 0.876. The minimum atomic E-state index is 0.757. The Kier molecular flexibility index (Phi) is 1.48. The molecule has 56 valence electrons. The van der Waals surface area contributed by atoms with E-state index in [9.17, 15) is 0 Å². The van der Waals surface area contributed by atoms with Gasteiger partial charge >= 0.3 is 0 Å². The highest BCUT2D eigenvalue weighted by Crippen LogP contribution is 2.00. The molecule has 2 heterocycles. The van der Waals surface area contributed by atoms with Gasteiger partial charge in [0.1, 0.15) is 0 Å². The molecular formula is C8H8N2O. The third kappa shape index (κ3) is 1.32. The minimum Gasteiger partial charge on any atom is -0.359 e. The van der Waals surface area contributed by atoms with Crippen molar-refractivity contribution in [2.45, 2.75) is 6.54 Å². The van der Waals surface area contributed by atoms with Crippen LogP contribution in [0.25, 0.3) is 0 Å². The monoisotopic (exact) mass is 148 g/mol. The Labute approximate surface area is 64.2 Å². The van der Waals surface area contributed by atoms with Gasteiger partial charge in [0.05, 0.1) is 12.7 Å². The van der Waals surface area contributed by atoms with Crippen molar-refractivity contribution >= 4 is 0 Å². The number of nitrogens with zero attached hydrogens (tertiary/aromatic N) is 2. The average Bonchev–Trinajstić information content (AvgIpc) is 2.60. The molecular weight excluding hydrogens is 140 g/mol. The van der Waals surface area contributed by atoms with Crippen LogP contribution in [0.15, 0.2) is 41.3 Å². The lowest BCUT2D eigenvalue weighted by Gasteiger charge is -1.95. The van der Waals surface area contributed by atoms with E-state index in [4.69, 9.17) is 4.52 Å². The fourth-order valence-corrected chi connectivity index (χ4v) is 0.979. The quantitative estimate of drug-likeness (QED) is 0.646. The van der Waals surface area contributed by atoms with Crippen molar-refractivity contribution in [2.75, 3.05) is 0 Å². The van der Waals surface area contributed by atoms with E-state index in [0.29, 0.717) is 0 Å². The van der Waals surface area contributed by atoms with Crippen LogP contribution in [-0.4, -0.2) is 9.72 Å². The maximum absolute atomic E-state index is 4.94. The van der Waals surface area contributed by atoms with Gasteiger partial charge < -0.3 is 9.09 Å². The fraction of sp³-hybridized carbons (Fsp3) is 0.125. The molecule has 3 heteroatoms. The van der Waals surface area contributed by atoms with Gasteiger partial charge in [-0.25, -0.2) is 0 Å². The lowest BCUT2D eigenvalue weighted by atomic mass is 10.4. The van der Waals surface area contributed by atoms with Gasteiger partial charge in [-0.3, -0.25) is 0 Å². The molecule has 11 heavy (non-hydrogen) atoms. The topological polar surface area (TPSA) is 31.0 Å². The summed E-state index contributed by atoms with van der Waals surface area (Å²) in [7, 11) is 0. The zero-order chi connectivity index (χ0) is 7.52. The second-order valence-electron chi connectivity index (χ2n) is 2.33. The largest absolute Gasteiger partial charge is 0.359 e. The van der Waals surface area contributed by atoms with Crippen LogP contribution in [0.1, 0.15) is 5.76 Å². The van der Waals surface area contributed by atoms with Crippen molar-refractivity contribution in [3.63, 3.8) is 0 Å². The second kappa shape index (κ2) is 2.62. The molecule has 0 unspecified atom stereocenters. The average molecular weight is 148 g/mol. The van der Waals surface area contributed by atoms with Gasteiger partial charge in [0.15, 0.2) is 5.76 Å². The van der Waals surface area contributed by atoms with Gasteiger partial charge in [0, 0.05) is 18.5 Å². The first-order valence-corrected chi connectivity index (χ1v) is 3.45. The fourth-order valence-electron chi connectivity index (χ4n) is 0.979. The lowest BCUT2D eigenvalue weighted by Crippen LogP contribution is -1.93. The number of aromatic nitrogens is 2. The van der Waals surface area contributed by atoms with Crippen molar-refractivity contribution in [1.82, 2.24) is 9.72 Å². The minimum absolute atomic E-state index is 0.757. The van der Waals surface area contributed by atoms with Crippen molar-refractivity contribution in [3.05, 3.63) is 42.5 Å². The maximum atomic E-state index is 4.94. The molecule has 0 aliphatic heterocycles. The molecule has 0 atom stereocenters. The third-order valence-electron chi connectivity index (χ3n) is 1.50. The molecule has 0 saturated carbocycles. The first-order valence-electron chi connectivity index (χ1n) is 3.45. The highest BCUT2D eigenvalue weighted by Gasteiger charge is 1.95. The predicted octanol–water partition coefficient (Wildman–Crippen LogP) is 1.52. The van der Waals surface area contributed by atoms with Crippen LogP contribution in [-0.2, 0) is 6.54 Å². The molecule has 0 aromatic carbocycles. The Morgan fingerprint density at radius 2 is 2.18 bits per heavy atom. The molecule has 0 aliphatic carbocycles. The second-order valence-corrected chi connectivity index (χ2v) is 2.33. The Morgan fingerprint density at radius 1 is 1.36 bits per heavy atom. The summed E-state index contributed by atoms with van der Waals surface area (Å²) in [5, 5.41) is 3.61. The Hall–Kier alpha value is -1.51. The molecule has 0 saturated heterocycles. The summed E-state index contributed by atoms with van der Waals surface area (Å²) in [6.45, 7) is 0.757. The summed E-state index contributed by atoms with van der Waals surface area (Å²) >= 11 is 0. The SMILES string of the molecule is c1ccn(Cc2ccno2)c1. The molecule has 0 bridgehead atoms. The van der Waals surface area contributed by atoms with Gasteiger partial charge in [0.25, 0.3) is 0 Å². The van der Waals surface area contributed by atoms with Crippen molar-refractivity contribution in [3.8, 4) is 0 Å². The van der Waals surface area contributed by atoms with Crippen LogP contribution in [0.5, 0.6) is 0 Å². The first-order chi connectivity index (χ1) is 5.45. The number of rotatable bonds is 2. The predicted molar refractivity (Wildman–Crippen MR) is 40.0 cm³/mol. The van der Waals surface area contributed by atoms with E-state index in [0.717, 1.165) is 12.3 Å². The van der Waals surface area contributed by atoms with E-state index >= 15 is 0 Å². The molecule has 0 amide bonds. The van der Waals surface area contributed by atoms with Gasteiger partial charge in [-0.2, -0.15) is 0 Å². The summed E-state index contributed by atoms with van der Waals surface area (Å²) in [6.07, 6.45) is 5.63. The van der Waals surface area contributed by atoms with Gasteiger partial charge in [-0.1, -0.05) is 5.16 Å². The summed E-state index contributed by atoms with van der Waals surface area (Å²) in [4.78, 5) is 0. The van der Waals surface area contributed by atoms with E-state index < -0.39 is 0 Å². The smallest absolute Gasteiger partial charge is 0.156 e. The van der Waals surface area contributed by atoms with Crippen molar-refractivity contribution in [1.29, 1.82) is 0 Å². The number of hydrogen-bond donors (Lipinski definition) is 0. The Bertz CT molecular complexity index is 264. The van der Waals surface area contributed by atoms with Crippen LogP contribution in [0.2, 0.25) is 0 Å². The first kappa shape index (κ1) is 6.22. The molecule has 2 aromatic heterocycles. The summed E-state index contributed by atoms with van der Waals surface area (Å²) < 4.78 is 6.96. The lowest BCUT2D eigenvalue weighted by molar-refractivity contribution is 0.376. The van der Waals surface area contributed by atoms with Crippen LogP contribution >= 0.6 is 0 Å². The van der Waals surface area contributed by atoms with E-state index in [2.05, 4.69) is 5.16 Å². The van der Waals surface area contributed by atoms with E-state index in [1.807, 2.05) is 35.2 Å². The summed E-state index contributed by atoms with van der Waals surface area (Å²) in [6, 6.07) is 5.83. The number of hydrogen-bond acceptors (Lipinski definition) is 2. The molecule has 0 aliphatic rings. The molecule has 0 radical (unpaired) electrons. The van der Waals surface area contributed by atoms with Crippen molar-refractivity contribution in [2.24, 2.45) is 0 Å². The molecule has 0 N–H and O–H groups in total. The zero-order valence-corrected chi connectivity index (χ0v) is 5.97. The molecule has 0 fully saturated rings. The van der Waals surface area contributed by atoms with Crippen LogP contribution in [0, 0.1) is 0 Å². The zero-order valence-electron chi connectivity index (χ0n) is 5.97. The van der Waals surface area contributed by atoms with Gasteiger partial charge in [-0.05, 0) is 12.1 Å². The van der Waals surface area contributed by atoms with Crippen molar-refractivity contribution < 1.29 is 4.52 Å². The van der Waals surface area contributed by atoms with E-state index in [1.54, 1.807) is 6.20 Å². The maximum Gasteiger partial charge on any atom is 0.156 e. The van der Waals surface area contributed by atoms with Gasteiger partial charge in [-0.15, -0.1) is 0 Å². The molecule has 2 rings (SSSR count). The third-order valence-corrected chi connectivity index (χ3v) is 1.50. The Balaban J connectivity index is 2.14. The standard InChI is InChI=1S/C8H8N2O/c1-2-6-10(5-1)7-8-3-4-9-11-8/h1-6H,7H2.